The number of carbonyl (C=O) groups excluding carboxylic acids is 1. The first kappa shape index (κ1) is 15.1. The molecule has 0 spiro atoms. The van der Waals surface area contributed by atoms with Crippen molar-refractivity contribution in [1.82, 2.24) is 10.6 Å². The maximum atomic E-state index is 11.4. The van der Waals surface area contributed by atoms with E-state index in [1.807, 2.05) is 24.3 Å². The summed E-state index contributed by atoms with van der Waals surface area (Å²) in [6.07, 6.45) is 5.06. The van der Waals surface area contributed by atoms with Crippen molar-refractivity contribution >= 4 is 5.91 Å². The van der Waals surface area contributed by atoms with Crippen LogP contribution in [0.25, 0.3) is 0 Å². The zero-order valence-corrected chi connectivity index (χ0v) is 11.4. The van der Waals surface area contributed by atoms with Crippen LogP contribution < -0.4 is 15.4 Å². The third-order valence-corrected chi connectivity index (χ3v) is 2.42. The van der Waals surface area contributed by atoms with Crippen LogP contribution in [0, 0.1) is 12.3 Å². The molecule has 1 aromatic rings. The van der Waals surface area contributed by atoms with Gasteiger partial charge < -0.3 is 15.4 Å². The summed E-state index contributed by atoms with van der Waals surface area (Å²) in [6, 6.07) is 8.05. The van der Waals surface area contributed by atoms with Crippen molar-refractivity contribution in [1.29, 1.82) is 0 Å². The molecule has 2 N–H and O–H groups in total. The number of hydrogen-bond donors (Lipinski definition) is 2. The fraction of sp³-hybridized carbons (Fsp3) is 0.400. The largest absolute Gasteiger partial charge is 0.483 e. The van der Waals surface area contributed by atoms with Crippen LogP contribution in [-0.4, -0.2) is 25.1 Å². The summed E-state index contributed by atoms with van der Waals surface area (Å²) in [5.74, 6) is 2.84. The van der Waals surface area contributed by atoms with E-state index in [0.29, 0.717) is 18.3 Å². The Balaban J connectivity index is 2.53. The van der Waals surface area contributed by atoms with Crippen LogP contribution in [0.3, 0.4) is 0 Å². The van der Waals surface area contributed by atoms with E-state index in [4.69, 9.17) is 11.2 Å². The Morgan fingerprint density at radius 1 is 1.42 bits per heavy atom. The smallest absolute Gasteiger partial charge is 0.258 e. The Kier molecular flexibility index (Phi) is 6.48. The van der Waals surface area contributed by atoms with Gasteiger partial charge in [0.25, 0.3) is 5.91 Å². The summed E-state index contributed by atoms with van der Waals surface area (Å²) in [5, 5.41) is 5.87. The summed E-state index contributed by atoms with van der Waals surface area (Å²) in [7, 11) is 0. The van der Waals surface area contributed by atoms with Gasteiger partial charge in [0, 0.05) is 18.2 Å². The first-order chi connectivity index (χ1) is 9.13. The minimum Gasteiger partial charge on any atom is -0.483 e. The molecule has 0 aliphatic heterocycles. The number of para-hydroxylation sites is 1. The van der Waals surface area contributed by atoms with Gasteiger partial charge in [0.15, 0.2) is 6.61 Å². The minimum atomic E-state index is -0.218. The maximum Gasteiger partial charge on any atom is 0.258 e. The number of ether oxygens (including phenoxy) is 1. The third kappa shape index (κ3) is 5.94. The van der Waals surface area contributed by atoms with Gasteiger partial charge in [0.05, 0.1) is 6.54 Å². The van der Waals surface area contributed by atoms with E-state index in [-0.39, 0.29) is 19.1 Å². The molecule has 0 heterocycles. The first-order valence-corrected chi connectivity index (χ1v) is 6.27. The molecule has 0 radical (unpaired) electrons. The van der Waals surface area contributed by atoms with E-state index >= 15 is 0 Å². The van der Waals surface area contributed by atoms with Gasteiger partial charge in [-0.05, 0) is 6.07 Å². The topological polar surface area (TPSA) is 50.4 Å². The molecule has 102 valence electrons. The van der Waals surface area contributed by atoms with E-state index in [1.165, 1.54) is 0 Å². The van der Waals surface area contributed by atoms with Gasteiger partial charge >= 0.3 is 0 Å². The molecule has 4 nitrogen and oxygen atoms in total. The molecule has 0 fully saturated rings. The van der Waals surface area contributed by atoms with Crippen LogP contribution in [0.4, 0.5) is 0 Å². The van der Waals surface area contributed by atoms with Gasteiger partial charge in [-0.15, -0.1) is 6.42 Å². The van der Waals surface area contributed by atoms with Gasteiger partial charge in [-0.1, -0.05) is 38.0 Å². The number of carbonyl (C=O) groups is 1. The number of amides is 1. The Morgan fingerprint density at radius 2 is 2.16 bits per heavy atom. The molecule has 1 rings (SSSR count). The third-order valence-electron chi connectivity index (χ3n) is 2.42. The van der Waals surface area contributed by atoms with Gasteiger partial charge in [-0.3, -0.25) is 4.79 Å². The quantitative estimate of drug-likeness (QED) is 0.727. The molecular weight excluding hydrogens is 240 g/mol. The zero-order valence-electron chi connectivity index (χ0n) is 11.4. The second kappa shape index (κ2) is 8.17. The average molecular weight is 260 g/mol. The number of nitrogens with one attached hydrogen (secondary N) is 2. The lowest BCUT2D eigenvalue weighted by Crippen LogP contribution is -2.29. The van der Waals surface area contributed by atoms with E-state index < -0.39 is 0 Å². The highest BCUT2D eigenvalue weighted by Gasteiger charge is 2.06. The number of rotatable bonds is 7. The van der Waals surface area contributed by atoms with E-state index in [9.17, 15) is 4.79 Å². The molecule has 0 atom stereocenters. The highest BCUT2D eigenvalue weighted by atomic mass is 16.5. The Bertz CT molecular complexity index is 450. The fourth-order valence-electron chi connectivity index (χ4n) is 1.45. The molecule has 0 saturated carbocycles. The highest BCUT2D eigenvalue weighted by molar-refractivity contribution is 5.77. The Morgan fingerprint density at radius 3 is 2.84 bits per heavy atom. The summed E-state index contributed by atoms with van der Waals surface area (Å²) in [6.45, 7) is 5.06. The van der Waals surface area contributed by atoms with Crippen molar-refractivity contribution in [2.45, 2.75) is 26.4 Å². The molecular formula is C15H20N2O2. The first-order valence-electron chi connectivity index (χ1n) is 6.27. The highest BCUT2D eigenvalue weighted by Crippen LogP contribution is 2.17. The summed E-state index contributed by atoms with van der Waals surface area (Å²) >= 11 is 0. The van der Waals surface area contributed by atoms with E-state index in [0.717, 1.165) is 5.56 Å². The summed E-state index contributed by atoms with van der Waals surface area (Å²) in [4.78, 5) is 11.4. The summed E-state index contributed by atoms with van der Waals surface area (Å²) in [5.41, 5.74) is 1.03. The predicted octanol–water partition coefficient (Wildman–Crippen LogP) is 1.31. The van der Waals surface area contributed by atoms with Crippen molar-refractivity contribution in [2.75, 3.05) is 13.2 Å². The molecule has 0 bridgehead atoms. The van der Waals surface area contributed by atoms with Crippen molar-refractivity contribution < 1.29 is 9.53 Å². The van der Waals surface area contributed by atoms with Crippen LogP contribution in [0.2, 0.25) is 0 Å². The van der Waals surface area contributed by atoms with Gasteiger partial charge in [-0.25, -0.2) is 0 Å². The lowest BCUT2D eigenvalue weighted by atomic mass is 10.2. The SMILES string of the molecule is C#CCNC(=O)COc1ccccc1CNC(C)C. The van der Waals surface area contributed by atoms with Gasteiger partial charge in [0.1, 0.15) is 5.75 Å². The summed E-state index contributed by atoms with van der Waals surface area (Å²) < 4.78 is 5.51. The lowest BCUT2D eigenvalue weighted by molar-refractivity contribution is -0.122. The molecule has 0 unspecified atom stereocenters. The fourth-order valence-corrected chi connectivity index (χ4v) is 1.45. The van der Waals surface area contributed by atoms with Crippen LogP contribution in [0.5, 0.6) is 5.75 Å². The molecule has 1 amide bonds. The minimum absolute atomic E-state index is 0.0274. The second-order valence-electron chi connectivity index (χ2n) is 4.41. The van der Waals surface area contributed by atoms with Crippen LogP contribution in [0.15, 0.2) is 24.3 Å². The molecule has 0 aliphatic rings. The van der Waals surface area contributed by atoms with Crippen LogP contribution in [-0.2, 0) is 11.3 Å². The average Bonchev–Trinajstić information content (AvgIpc) is 2.41. The van der Waals surface area contributed by atoms with Crippen molar-refractivity contribution in [3.63, 3.8) is 0 Å². The molecule has 19 heavy (non-hydrogen) atoms. The van der Waals surface area contributed by atoms with Crippen molar-refractivity contribution in [2.24, 2.45) is 0 Å². The molecule has 0 aromatic heterocycles. The van der Waals surface area contributed by atoms with Crippen LogP contribution in [0.1, 0.15) is 19.4 Å². The monoisotopic (exact) mass is 260 g/mol. The van der Waals surface area contributed by atoms with Crippen molar-refractivity contribution in [3.05, 3.63) is 29.8 Å². The lowest BCUT2D eigenvalue weighted by Gasteiger charge is -2.13. The molecule has 1 aromatic carbocycles. The van der Waals surface area contributed by atoms with Crippen molar-refractivity contribution in [3.8, 4) is 18.1 Å². The Hall–Kier alpha value is -1.99. The molecule has 0 aliphatic carbocycles. The number of benzene rings is 1. The number of terminal acetylenes is 1. The number of hydrogen-bond acceptors (Lipinski definition) is 3. The normalized spacial score (nSPS) is 10.0. The predicted molar refractivity (Wildman–Crippen MR) is 75.8 cm³/mol. The molecule has 0 saturated heterocycles. The standard InChI is InChI=1S/C15H20N2O2/c1-4-9-16-15(18)11-19-14-8-6-5-7-13(14)10-17-12(2)3/h1,5-8,12,17H,9-11H2,2-3H3,(H,16,18). The Labute approximate surface area is 114 Å². The van der Waals surface area contributed by atoms with Crippen LogP contribution >= 0.6 is 0 Å². The second-order valence-corrected chi connectivity index (χ2v) is 4.41. The van der Waals surface area contributed by atoms with E-state index in [1.54, 1.807) is 0 Å². The molecule has 4 heteroatoms. The zero-order chi connectivity index (χ0) is 14.1. The van der Waals surface area contributed by atoms with Gasteiger partial charge in [-0.2, -0.15) is 0 Å². The van der Waals surface area contributed by atoms with E-state index in [2.05, 4.69) is 30.4 Å². The van der Waals surface area contributed by atoms with Gasteiger partial charge in [0.2, 0.25) is 0 Å². The maximum absolute atomic E-state index is 11.4.